The van der Waals surface area contributed by atoms with Crippen molar-refractivity contribution in [2.24, 2.45) is 34.5 Å². The molecule has 5 nitrogen and oxygen atoms in total. The fourth-order valence-corrected chi connectivity index (χ4v) is 8.36. The number of esters is 1. The summed E-state index contributed by atoms with van der Waals surface area (Å²) in [6, 6.07) is 0. The molecule has 3 unspecified atom stereocenters. The van der Waals surface area contributed by atoms with Gasteiger partial charge in [-0.15, -0.1) is 0 Å². The van der Waals surface area contributed by atoms with Crippen molar-refractivity contribution in [3.63, 3.8) is 0 Å². The van der Waals surface area contributed by atoms with Gasteiger partial charge in [0.1, 0.15) is 0 Å². The Morgan fingerprint density at radius 1 is 1.20 bits per heavy atom. The smallest absolute Gasteiger partial charge is 0.308 e. The van der Waals surface area contributed by atoms with Crippen molar-refractivity contribution in [1.82, 2.24) is 0 Å². The predicted molar refractivity (Wildman–Crippen MR) is 114 cm³/mol. The molecule has 0 spiro atoms. The highest BCUT2D eigenvalue weighted by Gasteiger charge is 2.61. The molecule has 3 saturated carbocycles. The predicted octanol–water partition coefficient (Wildman–Crippen LogP) is 3.60. The van der Waals surface area contributed by atoms with Gasteiger partial charge < -0.3 is 20.1 Å². The van der Waals surface area contributed by atoms with Crippen LogP contribution in [0, 0.1) is 34.5 Å². The molecule has 0 amide bonds. The lowest BCUT2D eigenvalue weighted by Crippen LogP contribution is -2.56. The zero-order valence-electron chi connectivity index (χ0n) is 18.7. The van der Waals surface area contributed by atoms with E-state index in [1.807, 2.05) is 6.92 Å². The molecule has 0 aromatic heterocycles. The first-order valence-corrected chi connectivity index (χ1v) is 12.2. The van der Waals surface area contributed by atoms with Gasteiger partial charge in [-0.05, 0) is 87.4 Å². The van der Waals surface area contributed by atoms with Crippen molar-refractivity contribution in [1.29, 1.82) is 0 Å². The molecule has 0 aromatic rings. The summed E-state index contributed by atoms with van der Waals surface area (Å²) in [7, 11) is 0. The summed E-state index contributed by atoms with van der Waals surface area (Å²) in [4.78, 5) is 12.3. The number of carbonyl (C=O) groups is 1. The summed E-state index contributed by atoms with van der Waals surface area (Å²) in [5.41, 5.74) is 1.15. The number of aliphatic hydroxyl groups excluding tert-OH is 3. The van der Waals surface area contributed by atoms with Gasteiger partial charge in [-0.3, -0.25) is 4.79 Å². The van der Waals surface area contributed by atoms with Gasteiger partial charge in [0.05, 0.1) is 31.8 Å². The Kier molecular flexibility index (Phi) is 6.36. The lowest BCUT2D eigenvalue weighted by atomic mass is 9.45. The normalized spacial score (nSPS) is 42.4. The first-order valence-electron chi connectivity index (χ1n) is 12.2. The second-order valence-electron chi connectivity index (χ2n) is 10.6. The molecule has 4 aliphatic carbocycles. The van der Waals surface area contributed by atoms with Crippen molar-refractivity contribution in [3.8, 4) is 0 Å². The number of rotatable bonds is 6. The topological polar surface area (TPSA) is 87.0 Å². The Morgan fingerprint density at radius 3 is 2.73 bits per heavy atom. The van der Waals surface area contributed by atoms with Gasteiger partial charge in [-0.1, -0.05) is 25.0 Å². The lowest BCUT2D eigenvalue weighted by Gasteiger charge is -2.60. The van der Waals surface area contributed by atoms with E-state index in [4.69, 9.17) is 4.74 Å². The Bertz CT molecular complexity index is 674. The number of hydrogen-bond acceptors (Lipinski definition) is 5. The van der Waals surface area contributed by atoms with Crippen LogP contribution in [-0.2, 0) is 9.53 Å². The average Bonchev–Trinajstić information content (AvgIpc) is 3.10. The molecule has 4 aliphatic rings. The molecule has 8 atom stereocenters. The number of ether oxygens (including phenoxy) is 1. The van der Waals surface area contributed by atoms with E-state index in [1.165, 1.54) is 12.0 Å². The van der Waals surface area contributed by atoms with Crippen LogP contribution in [0.4, 0.5) is 0 Å². The average molecular weight is 421 g/mol. The van der Waals surface area contributed by atoms with Crippen LogP contribution < -0.4 is 0 Å². The van der Waals surface area contributed by atoms with Crippen LogP contribution in [0.5, 0.6) is 0 Å². The van der Waals surface area contributed by atoms with E-state index in [2.05, 4.69) is 13.0 Å². The van der Waals surface area contributed by atoms with Crippen LogP contribution in [0.3, 0.4) is 0 Å². The molecule has 0 radical (unpaired) electrons. The largest absolute Gasteiger partial charge is 0.466 e. The van der Waals surface area contributed by atoms with Crippen molar-refractivity contribution in [3.05, 3.63) is 11.6 Å². The quantitative estimate of drug-likeness (QED) is 0.451. The van der Waals surface area contributed by atoms with Gasteiger partial charge in [-0.25, -0.2) is 0 Å². The number of aliphatic hydroxyl groups is 3. The van der Waals surface area contributed by atoms with Crippen LogP contribution in [0.1, 0.15) is 78.1 Å². The molecule has 0 bridgehead atoms. The Morgan fingerprint density at radius 2 is 2.00 bits per heavy atom. The molecule has 5 heteroatoms. The molecule has 0 aliphatic heterocycles. The summed E-state index contributed by atoms with van der Waals surface area (Å²) < 4.78 is 5.18. The van der Waals surface area contributed by atoms with Crippen LogP contribution in [-0.4, -0.2) is 46.7 Å². The summed E-state index contributed by atoms with van der Waals surface area (Å²) >= 11 is 0. The zero-order chi connectivity index (χ0) is 21.5. The summed E-state index contributed by atoms with van der Waals surface area (Å²) in [5, 5.41) is 31.5. The lowest BCUT2D eigenvalue weighted by molar-refractivity contribution is -0.152. The third-order valence-corrected chi connectivity index (χ3v) is 9.60. The van der Waals surface area contributed by atoms with Crippen LogP contribution >= 0.6 is 0 Å². The first-order chi connectivity index (χ1) is 14.4. The van der Waals surface area contributed by atoms with E-state index < -0.39 is 12.2 Å². The second-order valence-corrected chi connectivity index (χ2v) is 10.6. The van der Waals surface area contributed by atoms with Crippen molar-refractivity contribution in [2.45, 2.75) is 90.3 Å². The molecule has 3 fully saturated rings. The molecule has 4 rings (SSSR count). The fraction of sp³-hybridized carbons (Fsp3) is 0.880. The highest BCUT2D eigenvalue weighted by Crippen LogP contribution is 2.67. The highest BCUT2D eigenvalue weighted by atomic mass is 16.5. The van der Waals surface area contributed by atoms with Crippen LogP contribution in [0.15, 0.2) is 11.6 Å². The number of carbonyl (C=O) groups excluding carboxylic acids is 1. The molecule has 3 N–H and O–H groups in total. The van der Waals surface area contributed by atoms with E-state index >= 15 is 0 Å². The minimum atomic E-state index is -0.680. The van der Waals surface area contributed by atoms with Gasteiger partial charge >= 0.3 is 5.97 Å². The van der Waals surface area contributed by atoms with Gasteiger partial charge in [0.2, 0.25) is 0 Å². The summed E-state index contributed by atoms with van der Waals surface area (Å²) in [5.74, 6) is 1.25. The highest BCUT2D eigenvalue weighted by molar-refractivity contribution is 5.70. The monoisotopic (exact) mass is 420 g/mol. The van der Waals surface area contributed by atoms with Gasteiger partial charge in [0, 0.05) is 5.41 Å². The standard InChI is InChI=1S/C25H40O5/c1-3-30-23(29)14-22(28)25-12-5-4-6-16(25)7-8-17-18-9-10-20(21(27)15-26)24(18,2)13-11-19(17)25/h7,17-22,26-28H,3-6,8-15H2,1-2H3/t17-,18-,19+,20?,21?,22?,24-,25+/m0/s1. The van der Waals surface area contributed by atoms with Crippen molar-refractivity contribution >= 4 is 5.97 Å². The van der Waals surface area contributed by atoms with E-state index in [-0.39, 0.29) is 35.7 Å². The van der Waals surface area contributed by atoms with Crippen molar-refractivity contribution in [2.75, 3.05) is 13.2 Å². The maximum atomic E-state index is 12.3. The fourth-order valence-electron chi connectivity index (χ4n) is 8.36. The van der Waals surface area contributed by atoms with Crippen LogP contribution in [0.2, 0.25) is 0 Å². The molecular weight excluding hydrogens is 380 g/mol. The van der Waals surface area contributed by atoms with E-state index in [1.54, 1.807) is 0 Å². The van der Waals surface area contributed by atoms with Gasteiger partial charge in [-0.2, -0.15) is 0 Å². The summed E-state index contributed by atoms with van der Waals surface area (Å²) in [6.45, 7) is 4.33. The van der Waals surface area contributed by atoms with E-state index in [0.29, 0.717) is 24.4 Å². The van der Waals surface area contributed by atoms with E-state index in [0.717, 1.165) is 51.4 Å². The Hall–Kier alpha value is -0.910. The number of hydrogen-bond donors (Lipinski definition) is 3. The van der Waals surface area contributed by atoms with Gasteiger partial charge in [0.15, 0.2) is 0 Å². The SMILES string of the molecule is CCOC(=O)CC(O)[C@]12CCCCC1=CC[C@@H]1[C@H]2CC[C@]2(C)C(C(O)CO)CC[C@@H]12. The second kappa shape index (κ2) is 8.55. The molecule has 30 heavy (non-hydrogen) atoms. The maximum Gasteiger partial charge on any atom is 0.308 e. The maximum absolute atomic E-state index is 12.3. The third-order valence-electron chi connectivity index (χ3n) is 9.60. The minimum absolute atomic E-state index is 0.0522. The Balaban J connectivity index is 1.65. The Labute approximate surface area is 180 Å². The summed E-state index contributed by atoms with van der Waals surface area (Å²) in [6.07, 6.45) is 10.6. The zero-order valence-corrected chi connectivity index (χ0v) is 18.7. The molecular formula is C25H40O5. The van der Waals surface area contributed by atoms with Crippen LogP contribution in [0.25, 0.3) is 0 Å². The molecule has 0 aromatic carbocycles. The minimum Gasteiger partial charge on any atom is -0.466 e. The number of allylic oxidation sites excluding steroid dienone is 1. The number of fused-ring (bicyclic) bond motifs is 5. The third kappa shape index (κ3) is 3.36. The van der Waals surface area contributed by atoms with E-state index in [9.17, 15) is 20.1 Å². The first kappa shape index (κ1) is 22.3. The molecule has 0 heterocycles. The van der Waals surface area contributed by atoms with Crippen molar-refractivity contribution < 1.29 is 24.9 Å². The molecule has 170 valence electrons. The molecule has 0 saturated heterocycles. The van der Waals surface area contributed by atoms with Gasteiger partial charge in [0.25, 0.3) is 0 Å².